The molecule has 1 fully saturated rings. The van der Waals surface area contributed by atoms with Gasteiger partial charge in [-0.2, -0.15) is 0 Å². The van der Waals surface area contributed by atoms with Gasteiger partial charge in [0.2, 0.25) is 0 Å². The van der Waals surface area contributed by atoms with Crippen LogP contribution in [0.3, 0.4) is 0 Å². The van der Waals surface area contributed by atoms with E-state index >= 15 is 0 Å². The van der Waals surface area contributed by atoms with Crippen molar-refractivity contribution in [2.24, 2.45) is 5.92 Å². The Kier molecular flexibility index (Phi) is 7.54. The van der Waals surface area contributed by atoms with Crippen LogP contribution in [0.15, 0.2) is 24.3 Å². The first-order chi connectivity index (χ1) is 9.66. The fourth-order valence-electron chi connectivity index (χ4n) is 2.69. The van der Waals surface area contributed by atoms with E-state index in [1.807, 2.05) is 0 Å². The van der Waals surface area contributed by atoms with Crippen LogP contribution >= 0.6 is 12.4 Å². The molecular formula is C16H25ClN2O2. The number of carbonyl (C=O) groups excluding carboxylic acids is 1. The average Bonchev–Trinajstić information content (AvgIpc) is 2.45. The number of nitrogen functional groups attached to an aromatic ring is 1. The number of hydrogen-bond donors (Lipinski definition) is 2. The Labute approximate surface area is 132 Å². The molecule has 2 unspecified atom stereocenters. The van der Waals surface area contributed by atoms with Crippen molar-refractivity contribution in [1.82, 2.24) is 5.32 Å². The molecule has 1 saturated carbocycles. The normalized spacial score (nSPS) is 21.4. The minimum Gasteiger partial charge on any atom is -0.399 e. The Morgan fingerprint density at radius 3 is 2.86 bits per heavy atom. The molecule has 0 aromatic heterocycles. The number of amides is 1. The third-order valence-corrected chi connectivity index (χ3v) is 3.90. The highest BCUT2D eigenvalue weighted by Gasteiger charge is 2.21. The van der Waals surface area contributed by atoms with Gasteiger partial charge in [0, 0.05) is 17.8 Å². The van der Waals surface area contributed by atoms with Gasteiger partial charge in [-0.25, -0.2) is 0 Å². The molecule has 4 nitrogen and oxygen atoms in total. The van der Waals surface area contributed by atoms with Gasteiger partial charge in [-0.3, -0.25) is 4.79 Å². The molecule has 0 radical (unpaired) electrons. The first-order valence-corrected chi connectivity index (χ1v) is 7.42. The molecule has 1 aliphatic rings. The lowest BCUT2D eigenvalue weighted by atomic mass is 9.88. The molecular weight excluding hydrogens is 288 g/mol. The number of benzene rings is 1. The molecule has 0 heterocycles. The van der Waals surface area contributed by atoms with Crippen LogP contribution in [0.25, 0.3) is 0 Å². The van der Waals surface area contributed by atoms with Crippen LogP contribution in [-0.2, 0) is 4.74 Å². The molecule has 0 saturated heterocycles. The fraction of sp³-hybridized carbons (Fsp3) is 0.562. The summed E-state index contributed by atoms with van der Waals surface area (Å²) in [6.45, 7) is 3.36. The quantitative estimate of drug-likeness (QED) is 0.649. The van der Waals surface area contributed by atoms with Crippen LogP contribution < -0.4 is 11.1 Å². The highest BCUT2D eigenvalue weighted by molar-refractivity contribution is 5.94. The van der Waals surface area contributed by atoms with Crippen LogP contribution in [0.2, 0.25) is 0 Å². The van der Waals surface area contributed by atoms with Gasteiger partial charge >= 0.3 is 0 Å². The van der Waals surface area contributed by atoms with E-state index < -0.39 is 0 Å². The molecule has 0 bridgehead atoms. The SMILES string of the molecule is CC1CCCCC1OCCNC(=O)c1cccc(N)c1.Cl. The average molecular weight is 313 g/mol. The number of rotatable bonds is 5. The van der Waals surface area contributed by atoms with Crippen molar-refractivity contribution in [3.8, 4) is 0 Å². The molecule has 1 aliphatic carbocycles. The highest BCUT2D eigenvalue weighted by atomic mass is 35.5. The van der Waals surface area contributed by atoms with E-state index in [0.29, 0.717) is 36.4 Å². The molecule has 118 valence electrons. The van der Waals surface area contributed by atoms with Gasteiger partial charge in [0.25, 0.3) is 5.91 Å². The predicted octanol–water partition coefficient (Wildman–Crippen LogP) is 3.02. The second-order valence-corrected chi connectivity index (χ2v) is 5.55. The Hall–Kier alpha value is -1.26. The molecule has 2 rings (SSSR count). The maximum absolute atomic E-state index is 11.9. The summed E-state index contributed by atoms with van der Waals surface area (Å²) >= 11 is 0. The third kappa shape index (κ3) is 5.56. The summed E-state index contributed by atoms with van der Waals surface area (Å²) in [6.07, 6.45) is 5.32. The second-order valence-electron chi connectivity index (χ2n) is 5.55. The van der Waals surface area contributed by atoms with Crippen LogP contribution in [0.5, 0.6) is 0 Å². The van der Waals surface area contributed by atoms with Crippen molar-refractivity contribution < 1.29 is 9.53 Å². The molecule has 0 spiro atoms. The van der Waals surface area contributed by atoms with Crippen molar-refractivity contribution >= 4 is 24.0 Å². The number of carbonyl (C=O) groups is 1. The molecule has 1 aromatic rings. The predicted molar refractivity (Wildman–Crippen MR) is 87.8 cm³/mol. The van der Waals surface area contributed by atoms with Crippen molar-refractivity contribution in [2.75, 3.05) is 18.9 Å². The summed E-state index contributed by atoms with van der Waals surface area (Å²) in [4.78, 5) is 11.9. The summed E-state index contributed by atoms with van der Waals surface area (Å²) in [7, 11) is 0. The summed E-state index contributed by atoms with van der Waals surface area (Å²) in [5.41, 5.74) is 6.85. The van der Waals surface area contributed by atoms with Crippen LogP contribution in [0.4, 0.5) is 5.69 Å². The van der Waals surface area contributed by atoms with E-state index in [9.17, 15) is 4.79 Å². The van der Waals surface area contributed by atoms with E-state index in [1.165, 1.54) is 19.3 Å². The third-order valence-electron chi connectivity index (χ3n) is 3.90. The maximum atomic E-state index is 11.9. The van der Waals surface area contributed by atoms with Gasteiger partial charge in [0.15, 0.2) is 0 Å². The number of nitrogens with one attached hydrogen (secondary N) is 1. The van der Waals surface area contributed by atoms with Gasteiger partial charge in [0.1, 0.15) is 0 Å². The van der Waals surface area contributed by atoms with E-state index in [2.05, 4.69) is 12.2 Å². The van der Waals surface area contributed by atoms with E-state index in [1.54, 1.807) is 24.3 Å². The van der Waals surface area contributed by atoms with Crippen LogP contribution in [-0.4, -0.2) is 25.2 Å². The topological polar surface area (TPSA) is 64.3 Å². The second kappa shape index (κ2) is 8.90. The minimum absolute atomic E-state index is 0. The lowest BCUT2D eigenvalue weighted by Gasteiger charge is -2.28. The highest BCUT2D eigenvalue weighted by Crippen LogP contribution is 2.25. The Bertz CT molecular complexity index is 454. The van der Waals surface area contributed by atoms with Crippen molar-refractivity contribution in [2.45, 2.75) is 38.7 Å². The monoisotopic (exact) mass is 312 g/mol. The van der Waals surface area contributed by atoms with Gasteiger partial charge < -0.3 is 15.8 Å². The zero-order valence-corrected chi connectivity index (χ0v) is 13.3. The molecule has 1 amide bonds. The fourth-order valence-corrected chi connectivity index (χ4v) is 2.69. The summed E-state index contributed by atoms with van der Waals surface area (Å²) in [5.74, 6) is 0.533. The zero-order valence-electron chi connectivity index (χ0n) is 12.5. The standard InChI is InChI=1S/C16H24N2O2.ClH/c1-12-5-2-3-8-15(12)20-10-9-18-16(19)13-6-4-7-14(17)11-13;/h4,6-7,11-12,15H,2-3,5,8-10,17H2,1H3,(H,18,19);1H. The Morgan fingerprint density at radius 1 is 1.38 bits per heavy atom. The van der Waals surface area contributed by atoms with Crippen LogP contribution in [0.1, 0.15) is 43.0 Å². The summed E-state index contributed by atoms with van der Waals surface area (Å²) in [6, 6.07) is 6.99. The molecule has 21 heavy (non-hydrogen) atoms. The molecule has 3 N–H and O–H groups in total. The first kappa shape index (κ1) is 17.8. The lowest BCUT2D eigenvalue weighted by molar-refractivity contribution is -0.00293. The van der Waals surface area contributed by atoms with Crippen molar-refractivity contribution in [1.29, 1.82) is 0 Å². The largest absolute Gasteiger partial charge is 0.399 e. The Balaban J connectivity index is 0.00000220. The molecule has 0 aliphatic heterocycles. The number of nitrogens with two attached hydrogens (primary N) is 1. The number of hydrogen-bond acceptors (Lipinski definition) is 3. The van der Waals surface area contributed by atoms with E-state index in [0.717, 1.165) is 6.42 Å². The van der Waals surface area contributed by atoms with E-state index in [-0.39, 0.29) is 18.3 Å². The van der Waals surface area contributed by atoms with Crippen molar-refractivity contribution in [3.05, 3.63) is 29.8 Å². The van der Waals surface area contributed by atoms with Gasteiger partial charge in [-0.1, -0.05) is 25.8 Å². The van der Waals surface area contributed by atoms with Gasteiger partial charge in [-0.15, -0.1) is 12.4 Å². The van der Waals surface area contributed by atoms with E-state index in [4.69, 9.17) is 10.5 Å². The number of ether oxygens (including phenoxy) is 1. The Morgan fingerprint density at radius 2 is 2.14 bits per heavy atom. The number of anilines is 1. The van der Waals surface area contributed by atoms with Gasteiger partial charge in [0.05, 0.1) is 12.7 Å². The molecule has 2 atom stereocenters. The number of halogens is 1. The molecule has 1 aromatic carbocycles. The van der Waals surface area contributed by atoms with Gasteiger partial charge in [-0.05, 0) is 37.0 Å². The first-order valence-electron chi connectivity index (χ1n) is 7.42. The maximum Gasteiger partial charge on any atom is 0.251 e. The lowest BCUT2D eigenvalue weighted by Crippen LogP contribution is -2.31. The van der Waals surface area contributed by atoms with Crippen molar-refractivity contribution in [3.63, 3.8) is 0 Å². The van der Waals surface area contributed by atoms with Crippen LogP contribution in [0, 0.1) is 5.92 Å². The summed E-state index contributed by atoms with van der Waals surface area (Å²) in [5, 5.41) is 2.86. The minimum atomic E-state index is -0.0995. The molecule has 5 heteroatoms. The smallest absolute Gasteiger partial charge is 0.251 e. The zero-order chi connectivity index (χ0) is 14.4. The summed E-state index contributed by atoms with van der Waals surface area (Å²) < 4.78 is 5.87.